The molecule has 13 heavy (non-hydrogen) atoms. The average Bonchev–Trinajstić information content (AvgIpc) is 2.08. The molecule has 0 radical (unpaired) electrons. The number of aliphatic hydroxyl groups is 1. The standard InChI is InChI=1S/C10H14O3/c1-6-4-7-2-3-8(11)5-9(7)13-10(6)12/h7-9,11H,1-5H2. The largest absolute Gasteiger partial charge is 0.459 e. The zero-order valence-corrected chi connectivity index (χ0v) is 7.53. The van der Waals surface area contributed by atoms with E-state index < -0.39 is 0 Å². The second kappa shape index (κ2) is 3.14. The topological polar surface area (TPSA) is 46.5 Å². The van der Waals surface area contributed by atoms with Crippen molar-refractivity contribution in [1.29, 1.82) is 0 Å². The minimum Gasteiger partial charge on any atom is -0.459 e. The van der Waals surface area contributed by atoms with Crippen molar-refractivity contribution in [3.8, 4) is 0 Å². The Bertz CT molecular complexity index is 247. The van der Waals surface area contributed by atoms with Gasteiger partial charge in [0.1, 0.15) is 6.10 Å². The van der Waals surface area contributed by atoms with Crippen LogP contribution in [-0.2, 0) is 9.53 Å². The van der Waals surface area contributed by atoms with Crippen molar-refractivity contribution in [2.45, 2.75) is 37.9 Å². The molecule has 1 aliphatic heterocycles. The maximum atomic E-state index is 11.2. The fourth-order valence-electron chi connectivity index (χ4n) is 2.17. The number of hydrogen-bond acceptors (Lipinski definition) is 3. The number of esters is 1. The van der Waals surface area contributed by atoms with E-state index in [9.17, 15) is 9.90 Å². The van der Waals surface area contributed by atoms with Crippen molar-refractivity contribution < 1.29 is 14.6 Å². The summed E-state index contributed by atoms with van der Waals surface area (Å²) in [6, 6.07) is 0. The molecule has 3 unspecified atom stereocenters. The van der Waals surface area contributed by atoms with E-state index in [1.165, 1.54) is 0 Å². The van der Waals surface area contributed by atoms with Gasteiger partial charge >= 0.3 is 5.97 Å². The number of aliphatic hydroxyl groups excluding tert-OH is 1. The van der Waals surface area contributed by atoms with Crippen LogP contribution in [0, 0.1) is 5.92 Å². The highest BCUT2D eigenvalue weighted by atomic mass is 16.5. The lowest BCUT2D eigenvalue weighted by Crippen LogP contribution is -2.40. The normalized spacial score (nSPS) is 39.6. The summed E-state index contributed by atoms with van der Waals surface area (Å²) in [5.74, 6) is 0.115. The molecule has 3 nitrogen and oxygen atoms in total. The minimum atomic E-state index is -0.291. The highest BCUT2D eigenvalue weighted by Crippen LogP contribution is 2.35. The fraction of sp³-hybridized carbons (Fsp3) is 0.700. The van der Waals surface area contributed by atoms with Crippen LogP contribution in [0.4, 0.5) is 0 Å². The molecule has 2 aliphatic rings. The molecule has 2 fully saturated rings. The number of rotatable bonds is 0. The summed E-state index contributed by atoms with van der Waals surface area (Å²) < 4.78 is 5.17. The van der Waals surface area contributed by atoms with Crippen molar-refractivity contribution in [2.75, 3.05) is 0 Å². The number of carbonyl (C=O) groups excluding carboxylic acids is 1. The van der Waals surface area contributed by atoms with Gasteiger partial charge in [-0.1, -0.05) is 6.58 Å². The Hall–Kier alpha value is -0.830. The zero-order valence-electron chi connectivity index (χ0n) is 7.53. The predicted octanol–water partition coefficient (Wildman–Crippen LogP) is 1.02. The summed E-state index contributed by atoms with van der Waals surface area (Å²) in [4.78, 5) is 11.2. The average molecular weight is 182 g/mol. The van der Waals surface area contributed by atoms with Crippen LogP contribution in [0.15, 0.2) is 12.2 Å². The first-order valence-electron chi connectivity index (χ1n) is 4.73. The van der Waals surface area contributed by atoms with Gasteiger partial charge in [0.25, 0.3) is 0 Å². The molecule has 72 valence electrons. The van der Waals surface area contributed by atoms with Gasteiger partial charge in [0.05, 0.1) is 6.10 Å². The number of carbonyl (C=O) groups is 1. The van der Waals surface area contributed by atoms with Crippen molar-refractivity contribution in [2.24, 2.45) is 5.92 Å². The molecule has 1 N–H and O–H groups in total. The first-order valence-corrected chi connectivity index (χ1v) is 4.73. The summed E-state index contributed by atoms with van der Waals surface area (Å²) in [5.41, 5.74) is 0.581. The Morgan fingerprint density at radius 1 is 1.46 bits per heavy atom. The maximum Gasteiger partial charge on any atom is 0.333 e. The van der Waals surface area contributed by atoms with Crippen LogP contribution in [0.25, 0.3) is 0 Å². The first kappa shape index (κ1) is 8.75. The molecule has 0 aromatic rings. The van der Waals surface area contributed by atoms with Crippen LogP contribution in [0.3, 0.4) is 0 Å². The van der Waals surface area contributed by atoms with Crippen molar-refractivity contribution in [1.82, 2.24) is 0 Å². The van der Waals surface area contributed by atoms with Gasteiger partial charge in [0, 0.05) is 17.9 Å². The molecule has 1 saturated carbocycles. The highest BCUT2D eigenvalue weighted by molar-refractivity contribution is 5.88. The van der Waals surface area contributed by atoms with Gasteiger partial charge in [-0.2, -0.15) is 0 Å². The third kappa shape index (κ3) is 1.61. The fourth-order valence-corrected chi connectivity index (χ4v) is 2.17. The molecule has 3 atom stereocenters. The molecule has 1 aliphatic carbocycles. The van der Waals surface area contributed by atoms with E-state index in [0.29, 0.717) is 17.9 Å². The van der Waals surface area contributed by atoms with Crippen LogP contribution in [-0.4, -0.2) is 23.3 Å². The second-order valence-electron chi connectivity index (χ2n) is 3.98. The second-order valence-corrected chi connectivity index (χ2v) is 3.98. The van der Waals surface area contributed by atoms with Gasteiger partial charge in [-0.05, 0) is 19.3 Å². The van der Waals surface area contributed by atoms with E-state index in [1.807, 2.05) is 0 Å². The van der Waals surface area contributed by atoms with Crippen LogP contribution in [0.1, 0.15) is 25.7 Å². The van der Waals surface area contributed by atoms with E-state index in [4.69, 9.17) is 4.74 Å². The third-order valence-electron chi connectivity index (χ3n) is 2.96. The summed E-state index contributed by atoms with van der Waals surface area (Å²) in [6.45, 7) is 3.67. The van der Waals surface area contributed by atoms with Crippen molar-refractivity contribution in [3.63, 3.8) is 0 Å². The highest BCUT2D eigenvalue weighted by Gasteiger charge is 2.37. The van der Waals surface area contributed by atoms with Crippen molar-refractivity contribution >= 4 is 5.97 Å². The number of ether oxygens (including phenoxy) is 1. The van der Waals surface area contributed by atoms with E-state index >= 15 is 0 Å². The lowest BCUT2D eigenvalue weighted by Gasteiger charge is -2.37. The molecule has 0 amide bonds. The summed E-state index contributed by atoms with van der Waals surface area (Å²) in [6.07, 6.45) is 2.76. The number of fused-ring (bicyclic) bond motifs is 1. The first-order chi connectivity index (χ1) is 6.16. The Balaban J connectivity index is 2.06. The Labute approximate surface area is 77.4 Å². The SMILES string of the molecule is C=C1CC2CCC(O)CC2OC1=O. The number of hydrogen-bond donors (Lipinski definition) is 1. The lowest BCUT2D eigenvalue weighted by molar-refractivity contribution is -0.156. The van der Waals surface area contributed by atoms with Gasteiger partial charge in [-0.3, -0.25) is 0 Å². The van der Waals surface area contributed by atoms with Gasteiger partial charge in [0.15, 0.2) is 0 Å². The molecule has 2 rings (SSSR count). The Kier molecular flexibility index (Phi) is 2.12. The molecule has 0 aromatic heterocycles. The summed E-state index contributed by atoms with van der Waals surface area (Å²) in [5, 5.41) is 9.39. The smallest absolute Gasteiger partial charge is 0.333 e. The van der Waals surface area contributed by atoms with E-state index in [1.54, 1.807) is 0 Å². The molecule has 0 aromatic carbocycles. The van der Waals surface area contributed by atoms with Crippen LogP contribution in [0.2, 0.25) is 0 Å². The van der Waals surface area contributed by atoms with Crippen LogP contribution < -0.4 is 0 Å². The van der Waals surface area contributed by atoms with E-state index in [2.05, 4.69) is 6.58 Å². The van der Waals surface area contributed by atoms with Gasteiger partial charge < -0.3 is 9.84 Å². The molecule has 3 heteroatoms. The lowest BCUT2D eigenvalue weighted by atomic mass is 9.79. The molecule has 1 heterocycles. The molecule has 0 bridgehead atoms. The molecular formula is C10H14O3. The van der Waals surface area contributed by atoms with Crippen molar-refractivity contribution in [3.05, 3.63) is 12.2 Å². The third-order valence-corrected chi connectivity index (χ3v) is 2.96. The van der Waals surface area contributed by atoms with Gasteiger partial charge in [0.2, 0.25) is 0 Å². The predicted molar refractivity (Wildman–Crippen MR) is 47.0 cm³/mol. The zero-order chi connectivity index (χ0) is 9.42. The van der Waals surface area contributed by atoms with E-state index in [-0.39, 0.29) is 18.2 Å². The summed E-state index contributed by atoms with van der Waals surface area (Å²) >= 11 is 0. The molecular weight excluding hydrogens is 168 g/mol. The monoisotopic (exact) mass is 182 g/mol. The minimum absolute atomic E-state index is 0.0678. The van der Waals surface area contributed by atoms with Gasteiger partial charge in [-0.15, -0.1) is 0 Å². The quantitative estimate of drug-likeness (QED) is 0.449. The van der Waals surface area contributed by atoms with Gasteiger partial charge in [-0.25, -0.2) is 4.79 Å². The molecule has 1 saturated heterocycles. The van der Waals surface area contributed by atoms with E-state index in [0.717, 1.165) is 19.3 Å². The Morgan fingerprint density at radius 2 is 2.23 bits per heavy atom. The summed E-state index contributed by atoms with van der Waals surface area (Å²) in [7, 11) is 0. The van der Waals surface area contributed by atoms with Crippen LogP contribution in [0.5, 0.6) is 0 Å². The molecule has 0 spiro atoms. The Morgan fingerprint density at radius 3 is 3.00 bits per heavy atom. The maximum absolute atomic E-state index is 11.2. The van der Waals surface area contributed by atoms with Crippen LogP contribution >= 0.6 is 0 Å².